The molecule has 1 atom stereocenters. The first-order valence-electron chi connectivity index (χ1n) is 10.6. The van der Waals surface area contributed by atoms with E-state index in [9.17, 15) is 9.59 Å². The van der Waals surface area contributed by atoms with Gasteiger partial charge in [0.1, 0.15) is 5.58 Å². The van der Waals surface area contributed by atoms with Crippen LogP contribution in [0, 0.1) is 0 Å². The second-order valence-electron chi connectivity index (χ2n) is 7.91. The number of hydrogen-bond acceptors (Lipinski definition) is 4. The molecule has 0 saturated carbocycles. The Labute approximate surface area is 180 Å². The first-order chi connectivity index (χ1) is 15.2. The minimum Gasteiger partial charge on any atom is -0.464 e. The van der Waals surface area contributed by atoms with Crippen molar-refractivity contribution in [2.24, 2.45) is 0 Å². The van der Waals surface area contributed by atoms with Crippen LogP contribution in [0.1, 0.15) is 30.1 Å². The van der Waals surface area contributed by atoms with Crippen LogP contribution >= 0.6 is 0 Å². The van der Waals surface area contributed by atoms with Crippen LogP contribution in [0.25, 0.3) is 21.7 Å². The van der Waals surface area contributed by atoms with Gasteiger partial charge in [-0.25, -0.2) is 0 Å². The van der Waals surface area contributed by atoms with E-state index in [2.05, 4.69) is 0 Å². The maximum Gasteiger partial charge on any atom is 0.311 e. The van der Waals surface area contributed by atoms with Crippen LogP contribution < -0.4 is 0 Å². The number of carbonyl (C=O) groups is 2. The SMILES string of the molecule is O=C(Cc1coc2ccc3ccccc3c12)O[C@@H](C(=O)N1CCCC1)c1ccccc1. The fraction of sp³-hybridized carbons (Fsp3) is 0.231. The second kappa shape index (κ2) is 8.26. The van der Waals surface area contributed by atoms with Crippen LogP contribution in [0.4, 0.5) is 0 Å². The molecule has 5 nitrogen and oxygen atoms in total. The van der Waals surface area contributed by atoms with E-state index in [0.29, 0.717) is 18.7 Å². The zero-order chi connectivity index (χ0) is 21.2. The van der Waals surface area contributed by atoms with Crippen molar-refractivity contribution >= 4 is 33.6 Å². The van der Waals surface area contributed by atoms with E-state index in [1.54, 1.807) is 11.2 Å². The average Bonchev–Trinajstić information content (AvgIpc) is 3.48. The molecule has 0 bridgehead atoms. The largest absolute Gasteiger partial charge is 0.464 e. The van der Waals surface area contributed by atoms with Gasteiger partial charge in [0.15, 0.2) is 0 Å². The Hall–Kier alpha value is -3.60. The summed E-state index contributed by atoms with van der Waals surface area (Å²) < 4.78 is 11.5. The van der Waals surface area contributed by atoms with Gasteiger partial charge in [-0.3, -0.25) is 9.59 Å². The third-order valence-corrected chi connectivity index (χ3v) is 5.87. The van der Waals surface area contributed by atoms with E-state index in [-0.39, 0.29) is 12.3 Å². The lowest BCUT2D eigenvalue weighted by Crippen LogP contribution is -2.35. The lowest BCUT2D eigenvalue weighted by Gasteiger charge is -2.23. The summed E-state index contributed by atoms with van der Waals surface area (Å²) in [5, 5.41) is 3.03. The molecule has 1 amide bonds. The Morgan fingerprint density at radius 2 is 1.68 bits per heavy atom. The van der Waals surface area contributed by atoms with Gasteiger partial charge in [0, 0.05) is 29.6 Å². The van der Waals surface area contributed by atoms with Crippen LogP contribution in [0.5, 0.6) is 0 Å². The number of nitrogens with zero attached hydrogens (tertiary/aromatic N) is 1. The van der Waals surface area contributed by atoms with Crippen molar-refractivity contribution in [2.75, 3.05) is 13.1 Å². The van der Waals surface area contributed by atoms with E-state index < -0.39 is 12.1 Å². The van der Waals surface area contributed by atoms with Crippen molar-refractivity contribution in [2.45, 2.75) is 25.4 Å². The standard InChI is InChI=1S/C26H23NO4/c28-23(16-20-17-30-22-13-12-18-8-4-5-11-21(18)24(20)22)31-25(19-9-2-1-3-10-19)26(29)27-14-6-7-15-27/h1-5,8-13,17,25H,6-7,14-16H2/t25-/m1/s1. The van der Waals surface area contributed by atoms with Gasteiger partial charge < -0.3 is 14.1 Å². The van der Waals surface area contributed by atoms with Gasteiger partial charge in [0.25, 0.3) is 5.91 Å². The third-order valence-electron chi connectivity index (χ3n) is 5.87. The number of hydrogen-bond donors (Lipinski definition) is 0. The van der Waals surface area contributed by atoms with Crippen LogP contribution in [-0.4, -0.2) is 29.9 Å². The Balaban J connectivity index is 1.42. The number of esters is 1. The summed E-state index contributed by atoms with van der Waals surface area (Å²) in [7, 11) is 0. The lowest BCUT2D eigenvalue weighted by molar-refractivity contribution is -0.160. The minimum absolute atomic E-state index is 0.0393. The molecule has 5 rings (SSSR count). The molecular formula is C26H23NO4. The Morgan fingerprint density at radius 1 is 0.935 bits per heavy atom. The number of furan rings is 1. The Morgan fingerprint density at radius 3 is 2.48 bits per heavy atom. The molecule has 31 heavy (non-hydrogen) atoms. The summed E-state index contributed by atoms with van der Waals surface area (Å²) in [6.07, 6.45) is 2.68. The quantitative estimate of drug-likeness (QED) is 0.430. The van der Waals surface area contributed by atoms with E-state index >= 15 is 0 Å². The molecule has 0 aliphatic carbocycles. The summed E-state index contributed by atoms with van der Waals surface area (Å²) in [4.78, 5) is 27.8. The molecule has 0 radical (unpaired) electrons. The van der Waals surface area contributed by atoms with E-state index in [4.69, 9.17) is 9.15 Å². The normalized spacial score (nSPS) is 14.8. The molecule has 1 saturated heterocycles. The van der Waals surface area contributed by atoms with Crippen LogP contribution in [0.2, 0.25) is 0 Å². The van der Waals surface area contributed by atoms with Gasteiger partial charge in [-0.15, -0.1) is 0 Å². The molecule has 1 fully saturated rings. The molecule has 0 spiro atoms. The number of rotatable bonds is 5. The molecule has 0 unspecified atom stereocenters. The Bertz CT molecular complexity index is 1240. The maximum atomic E-state index is 13.1. The fourth-order valence-electron chi connectivity index (χ4n) is 4.33. The van der Waals surface area contributed by atoms with Crippen molar-refractivity contribution in [3.05, 3.63) is 84.1 Å². The van der Waals surface area contributed by atoms with Crippen molar-refractivity contribution in [3.8, 4) is 0 Å². The number of carbonyl (C=O) groups excluding carboxylic acids is 2. The highest BCUT2D eigenvalue weighted by molar-refractivity contribution is 6.08. The molecule has 1 aliphatic heterocycles. The van der Waals surface area contributed by atoms with Crippen molar-refractivity contribution < 1.29 is 18.7 Å². The lowest BCUT2D eigenvalue weighted by atomic mass is 10.0. The van der Waals surface area contributed by atoms with E-state index in [1.807, 2.05) is 66.7 Å². The predicted octanol–water partition coefficient (Wildman–Crippen LogP) is 5.04. The van der Waals surface area contributed by atoms with E-state index in [0.717, 1.165) is 40.1 Å². The molecule has 5 heteroatoms. The molecule has 0 N–H and O–H groups in total. The molecule has 4 aromatic rings. The highest BCUT2D eigenvalue weighted by atomic mass is 16.5. The summed E-state index contributed by atoms with van der Waals surface area (Å²) in [6.45, 7) is 1.41. The summed E-state index contributed by atoms with van der Waals surface area (Å²) >= 11 is 0. The van der Waals surface area contributed by atoms with Gasteiger partial charge in [-0.05, 0) is 29.7 Å². The zero-order valence-corrected chi connectivity index (χ0v) is 17.1. The van der Waals surface area contributed by atoms with Crippen LogP contribution in [0.15, 0.2) is 77.4 Å². The summed E-state index contributed by atoms with van der Waals surface area (Å²) in [5.41, 5.74) is 2.18. The molecule has 1 aromatic heterocycles. The van der Waals surface area contributed by atoms with Gasteiger partial charge in [-0.2, -0.15) is 0 Å². The first-order valence-corrected chi connectivity index (χ1v) is 10.6. The molecule has 156 valence electrons. The van der Waals surface area contributed by atoms with Gasteiger partial charge in [-0.1, -0.05) is 60.7 Å². The summed E-state index contributed by atoms with van der Waals surface area (Å²) in [5.74, 6) is -0.600. The number of benzene rings is 3. The van der Waals surface area contributed by atoms with Crippen molar-refractivity contribution in [1.82, 2.24) is 4.90 Å². The Kier molecular flexibility index (Phi) is 5.16. The highest BCUT2D eigenvalue weighted by Gasteiger charge is 2.31. The smallest absolute Gasteiger partial charge is 0.311 e. The highest BCUT2D eigenvalue weighted by Crippen LogP contribution is 2.31. The molecule has 2 heterocycles. The van der Waals surface area contributed by atoms with Crippen molar-refractivity contribution in [3.63, 3.8) is 0 Å². The van der Waals surface area contributed by atoms with Gasteiger partial charge in [0.05, 0.1) is 12.7 Å². The molecular weight excluding hydrogens is 390 g/mol. The fourth-order valence-corrected chi connectivity index (χ4v) is 4.33. The third kappa shape index (κ3) is 3.79. The van der Waals surface area contributed by atoms with Crippen LogP contribution in [0.3, 0.4) is 0 Å². The minimum atomic E-state index is -0.929. The van der Waals surface area contributed by atoms with Gasteiger partial charge >= 0.3 is 5.97 Å². The molecule has 3 aromatic carbocycles. The summed E-state index contributed by atoms with van der Waals surface area (Å²) in [6, 6.07) is 21.2. The average molecular weight is 413 g/mol. The predicted molar refractivity (Wildman–Crippen MR) is 119 cm³/mol. The monoisotopic (exact) mass is 413 g/mol. The topological polar surface area (TPSA) is 59.8 Å². The van der Waals surface area contributed by atoms with E-state index in [1.165, 1.54) is 0 Å². The number of fused-ring (bicyclic) bond motifs is 3. The van der Waals surface area contributed by atoms with Gasteiger partial charge in [0.2, 0.25) is 6.10 Å². The number of ether oxygens (including phenoxy) is 1. The first kappa shape index (κ1) is 19.4. The van der Waals surface area contributed by atoms with Crippen LogP contribution in [-0.2, 0) is 20.7 Å². The second-order valence-corrected chi connectivity index (χ2v) is 7.91. The molecule has 1 aliphatic rings. The zero-order valence-electron chi connectivity index (χ0n) is 17.1. The number of amides is 1. The number of likely N-dealkylation sites (tertiary alicyclic amines) is 1. The van der Waals surface area contributed by atoms with Crippen molar-refractivity contribution in [1.29, 1.82) is 0 Å². The maximum absolute atomic E-state index is 13.1.